The van der Waals surface area contributed by atoms with Gasteiger partial charge in [0.25, 0.3) is 0 Å². The molecule has 0 aliphatic carbocycles. The number of carbonyl (C=O) groups is 1. The Labute approximate surface area is 213 Å². The van der Waals surface area contributed by atoms with Crippen molar-refractivity contribution in [2.24, 2.45) is 0 Å². The number of rotatable bonds is 12. The Hall–Kier alpha value is -2.85. The van der Waals surface area contributed by atoms with Gasteiger partial charge in [-0.3, -0.25) is 4.79 Å². The van der Waals surface area contributed by atoms with Crippen molar-refractivity contribution in [3.05, 3.63) is 84.4 Å². The molecule has 3 nitrogen and oxygen atoms in total. The number of carbonyl (C=O) groups excluding carboxylic acids is 1. The molecule has 0 aromatic heterocycles. The van der Waals surface area contributed by atoms with E-state index < -0.39 is 8.32 Å². The summed E-state index contributed by atoms with van der Waals surface area (Å²) in [6.45, 7) is 13.3. The van der Waals surface area contributed by atoms with E-state index >= 15 is 0 Å². The molecule has 0 unspecified atom stereocenters. The van der Waals surface area contributed by atoms with Crippen molar-refractivity contribution in [3.8, 4) is 5.75 Å². The fourth-order valence-electron chi connectivity index (χ4n) is 4.79. The van der Waals surface area contributed by atoms with E-state index in [0.29, 0.717) is 11.3 Å². The van der Waals surface area contributed by atoms with Crippen LogP contribution in [-0.2, 0) is 0 Å². The second kappa shape index (κ2) is 12.2. The number of anilines is 1. The molecule has 0 atom stereocenters. The minimum atomic E-state index is -2.82. The monoisotopic (exact) mass is 487 g/mol. The Kier molecular flexibility index (Phi) is 9.33. The third kappa shape index (κ3) is 6.05. The Morgan fingerprint density at radius 1 is 0.800 bits per heavy atom. The molecule has 3 aromatic rings. The van der Waals surface area contributed by atoms with Crippen molar-refractivity contribution >= 4 is 30.7 Å². The van der Waals surface area contributed by atoms with Gasteiger partial charge < -0.3 is 9.33 Å². The van der Waals surface area contributed by atoms with Gasteiger partial charge in [-0.1, -0.05) is 108 Å². The SMILES string of the molecule is CCCCN(CCCC)c1ccc(C=O)c(O[Si](c2ccccc2)(c2ccccc2)C(C)(C)C)c1. The fourth-order valence-corrected chi connectivity index (χ4v) is 9.23. The standard InChI is InChI=1S/C31H41NO2Si/c1-6-8-22-32(23-9-7-2)27-21-20-26(25-33)30(24-27)34-35(31(3,4)5,28-16-12-10-13-17-28)29-18-14-11-15-19-29/h10-21,24-25H,6-9,22-23H2,1-5H3. The maximum absolute atomic E-state index is 12.2. The smallest absolute Gasteiger partial charge is 0.319 e. The van der Waals surface area contributed by atoms with E-state index in [1.165, 1.54) is 10.4 Å². The molecule has 0 spiro atoms. The van der Waals surface area contributed by atoms with Crippen LogP contribution in [0.15, 0.2) is 78.9 Å². The fraction of sp³-hybridized carbons (Fsp3) is 0.387. The van der Waals surface area contributed by atoms with E-state index in [9.17, 15) is 4.79 Å². The van der Waals surface area contributed by atoms with Gasteiger partial charge >= 0.3 is 8.32 Å². The first-order valence-corrected chi connectivity index (χ1v) is 14.9. The second-order valence-corrected chi connectivity index (χ2v) is 14.5. The number of hydrogen-bond acceptors (Lipinski definition) is 3. The third-order valence-corrected chi connectivity index (χ3v) is 11.7. The van der Waals surface area contributed by atoms with Crippen LogP contribution in [0.2, 0.25) is 5.04 Å². The minimum absolute atomic E-state index is 0.171. The quantitative estimate of drug-likeness (QED) is 0.207. The van der Waals surface area contributed by atoms with Crippen molar-refractivity contribution in [1.29, 1.82) is 0 Å². The first kappa shape index (κ1) is 26.7. The highest BCUT2D eigenvalue weighted by atomic mass is 28.4. The summed E-state index contributed by atoms with van der Waals surface area (Å²) in [5.41, 5.74) is 1.73. The van der Waals surface area contributed by atoms with Crippen LogP contribution in [0.1, 0.15) is 70.7 Å². The first-order valence-electron chi connectivity index (χ1n) is 13.0. The molecule has 3 aromatic carbocycles. The van der Waals surface area contributed by atoms with E-state index in [1.807, 2.05) is 18.2 Å². The summed E-state index contributed by atoms with van der Waals surface area (Å²) in [5, 5.41) is 2.24. The Morgan fingerprint density at radius 2 is 1.31 bits per heavy atom. The molecule has 0 radical (unpaired) electrons. The van der Waals surface area contributed by atoms with Gasteiger partial charge in [-0.2, -0.15) is 0 Å². The van der Waals surface area contributed by atoms with Crippen molar-refractivity contribution in [3.63, 3.8) is 0 Å². The highest BCUT2D eigenvalue weighted by molar-refractivity contribution is 7.00. The topological polar surface area (TPSA) is 29.5 Å². The molecule has 0 N–H and O–H groups in total. The van der Waals surface area contributed by atoms with Crippen molar-refractivity contribution in [2.75, 3.05) is 18.0 Å². The van der Waals surface area contributed by atoms with Gasteiger partial charge in [-0.25, -0.2) is 0 Å². The predicted octanol–water partition coefficient (Wildman–Crippen LogP) is 6.84. The normalized spacial score (nSPS) is 11.8. The van der Waals surface area contributed by atoms with Crippen molar-refractivity contribution in [1.82, 2.24) is 0 Å². The maximum atomic E-state index is 12.2. The lowest BCUT2D eigenvalue weighted by Gasteiger charge is -2.43. The maximum Gasteiger partial charge on any atom is 0.319 e. The average molecular weight is 488 g/mol. The van der Waals surface area contributed by atoms with Crippen LogP contribution in [0.5, 0.6) is 5.75 Å². The van der Waals surface area contributed by atoms with Crippen molar-refractivity contribution < 1.29 is 9.22 Å². The van der Waals surface area contributed by atoms with Gasteiger partial charge in [-0.05, 0) is 40.4 Å². The molecule has 4 heteroatoms. The second-order valence-electron chi connectivity index (χ2n) is 10.3. The highest BCUT2D eigenvalue weighted by Crippen LogP contribution is 2.39. The molecular weight excluding hydrogens is 446 g/mol. The summed E-state index contributed by atoms with van der Waals surface area (Å²) < 4.78 is 7.24. The molecule has 0 fully saturated rings. The molecule has 0 saturated heterocycles. The lowest BCUT2D eigenvalue weighted by atomic mass is 10.1. The van der Waals surface area contributed by atoms with Gasteiger partial charge in [0, 0.05) is 24.8 Å². The van der Waals surface area contributed by atoms with Crippen LogP contribution in [-0.4, -0.2) is 27.7 Å². The Balaban J connectivity index is 2.19. The number of benzene rings is 3. The Bertz CT molecular complexity index is 1010. The lowest BCUT2D eigenvalue weighted by molar-refractivity contribution is 0.112. The zero-order chi connectivity index (χ0) is 25.3. The molecule has 0 heterocycles. The molecule has 35 heavy (non-hydrogen) atoms. The molecule has 0 aliphatic rings. The van der Waals surface area contributed by atoms with Gasteiger partial charge in [0.2, 0.25) is 0 Å². The van der Waals surface area contributed by atoms with Crippen LogP contribution in [0, 0.1) is 0 Å². The van der Waals surface area contributed by atoms with Crippen LogP contribution >= 0.6 is 0 Å². The number of unbranched alkanes of at least 4 members (excludes halogenated alkanes) is 2. The van der Waals surface area contributed by atoms with E-state index in [4.69, 9.17) is 4.43 Å². The van der Waals surface area contributed by atoms with E-state index in [-0.39, 0.29) is 5.04 Å². The summed E-state index contributed by atoms with van der Waals surface area (Å²) in [6.07, 6.45) is 5.52. The number of nitrogens with zero attached hydrogens (tertiary/aromatic N) is 1. The van der Waals surface area contributed by atoms with E-state index in [0.717, 1.165) is 50.7 Å². The summed E-state index contributed by atoms with van der Waals surface area (Å²) in [5.74, 6) is 0.685. The van der Waals surface area contributed by atoms with E-state index in [2.05, 4.69) is 100 Å². The molecule has 0 saturated carbocycles. The molecule has 0 aliphatic heterocycles. The lowest BCUT2D eigenvalue weighted by Crippen LogP contribution is -2.68. The molecule has 0 bridgehead atoms. The molecular formula is C31H41NO2Si. The third-order valence-electron chi connectivity index (χ3n) is 6.73. The zero-order valence-electron chi connectivity index (χ0n) is 22.1. The van der Waals surface area contributed by atoms with Crippen LogP contribution in [0.25, 0.3) is 0 Å². The molecule has 186 valence electrons. The van der Waals surface area contributed by atoms with E-state index in [1.54, 1.807) is 0 Å². The van der Waals surface area contributed by atoms with Gasteiger partial charge in [-0.15, -0.1) is 0 Å². The number of hydrogen-bond donors (Lipinski definition) is 0. The summed E-state index contributed by atoms with van der Waals surface area (Å²) in [6, 6.07) is 27.3. The van der Waals surface area contributed by atoms with Gasteiger partial charge in [0.15, 0.2) is 6.29 Å². The summed E-state index contributed by atoms with van der Waals surface area (Å²) in [4.78, 5) is 14.6. The molecule has 0 amide bonds. The molecule has 3 rings (SSSR count). The summed E-state index contributed by atoms with van der Waals surface area (Å²) in [7, 11) is -2.82. The largest absolute Gasteiger partial charge is 0.533 e. The Morgan fingerprint density at radius 3 is 1.74 bits per heavy atom. The average Bonchev–Trinajstić information content (AvgIpc) is 2.87. The van der Waals surface area contributed by atoms with Crippen LogP contribution in [0.4, 0.5) is 5.69 Å². The van der Waals surface area contributed by atoms with Crippen LogP contribution < -0.4 is 19.7 Å². The zero-order valence-corrected chi connectivity index (χ0v) is 23.1. The van der Waals surface area contributed by atoms with Gasteiger partial charge in [0.05, 0.1) is 5.56 Å². The first-order chi connectivity index (χ1) is 16.9. The minimum Gasteiger partial charge on any atom is -0.533 e. The van der Waals surface area contributed by atoms with Crippen molar-refractivity contribution in [2.45, 2.75) is 65.3 Å². The highest BCUT2D eigenvalue weighted by Gasteiger charge is 2.52. The predicted molar refractivity (Wildman–Crippen MR) is 152 cm³/mol. The van der Waals surface area contributed by atoms with Crippen LogP contribution in [0.3, 0.4) is 0 Å². The summed E-state index contributed by atoms with van der Waals surface area (Å²) >= 11 is 0. The number of aldehydes is 1. The van der Waals surface area contributed by atoms with Gasteiger partial charge in [0.1, 0.15) is 5.75 Å².